The minimum Gasteiger partial charge on any atom is -0.449 e. The molecule has 5 aromatic carbocycles. The van der Waals surface area contributed by atoms with Crippen LogP contribution >= 0.6 is 10.3 Å². The molecule has 5 rings (SSSR count). The molecular weight excluding hydrogens is 452 g/mol. The van der Waals surface area contributed by atoms with E-state index >= 15 is 0 Å². The van der Waals surface area contributed by atoms with Gasteiger partial charge in [0.2, 0.25) is 0 Å². The van der Waals surface area contributed by atoms with Crippen molar-refractivity contribution < 1.29 is 14.1 Å². The first-order valence-corrected chi connectivity index (χ1v) is 12.8. The first-order chi connectivity index (χ1) is 17.2. The highest BCUT2D eigenvalue weighted by Crippen LogP contribution is 2.69. The molecule has 0 bridgehead atoms. The van der Waals surface area contributed by atoms with Crippen molar-refractivity contribution in [2.75, 3.05) is 0 Å². The standard InChI is InChI=1S/C31H24O3S/c32-31(33)34-35(28-14-8-3-9-15-28,29-20-16-26(17-21-29)24-10-4-1-5-11-24)30-22-18-27(19-23-30)25-12-6-2-7-13-25/h1-23H,(H,32,33). The van der Waals surface area contributed by atoms with Crippen LogP contribution in [0, 0.1) is 0 Å². The zero-order valence-electron chi connectivity index (χ0n) is 19.0. The first kappa shape index (κ1) is 22.5. The molecule has 0 fully saturated rings. The summed E-state index contributed by atoms with van der Waals surface area (Å²) in [5, 5.41) is 9.90. The van der Waals surface area contributed by atoms with Gasteiger partial charge in [0, 0.05) is 14.7 Å². The lowest BCUT2D eigenvalue weighted by molar-refractivity contribution is 0.150. The molecule has 4 heteroatoms. The summed E-state index contributed by atoms with van der Waals surface area (Å²) in [7, 11) is -2.53. The SMILES string of the molecule is O=C(O)OS(c1ccccc1)(c1ccc(-c2ccccc2)cc1)c1ccc(-c2ccccc2)cc1. The van der Waals surface area contributed by atoms with Crippen molar-refractivity contribution in [1.82, 2.24) is 0 Å². The zero-order chi connectivity index (χ0) is 24.1. The van der Waals surface area contributed by atoms with Crippen LogP contribution in [-0.2, 0) is 4.18 Å². The summed E-state index contributed by atoms with van der Waals surface area (Å²) in [6.45, 7) is 0. The minimum absolute atomic E-state index is 0.818. The average molecular weight is 477 g/mol. The summed E-state index contributed by atoms with van der Waals surface area (Å²) in [5.74, 6) is 0. The van der Waals surface area contributed by atoms with Gasteiger partial charge in [0.15, 0.2) is 0 Å². The van der Waals surface area contributed by atoms with Gasteiger partial charge in [0.05, 0.1) is 0 Å². The molecule has 0 aliphatic carbocycles. The van der Waals surface area contributed by atoms with E-state index in [9.17, 15) is 9.90 Å². The highest BCUT2D eigenvalue weighted by Gasteiger charge is 2.35. The van der Waals surface area contributed by atoms with E-state index in [0.29, 0.717) is 0 Å². The third kappa shape index (κ3) is 4.57. The lowest BCUT2D eigenvalue weighted by Crippen LogP contribution is -2.12. The molecule has 0 aromatic heterocycles. The van der Waals surface area contributed by atoms with Crippen LogP contribution < -0.4 is 0 Å². The van der Waals surface area contributed by atoms with E-state index in [0.717, 1.165) is 36.9 Å². The summed E-state index contributed by atoms with van der Waals surface area (Å²) in [6, 6.07) is 45.9. The molecule has 1 N–H and O–H groups in total. The summed E-state index contributed by atoms with van der Waals surface area (Å²) < 4.78 is 5.89. The number of hydrogen-bond donors (Lipinski definition) is 1. The van der Waals surface area contributed by atoms with Crippen molar-refractivity contribution in [3.8, 4) is 22.3 Å². The molecule has 0 unspecified atom stereocenters. The van der Waals surface area contributed by atoms with Crippen LogP contribution in [-0.4, -0.2) is 11.3 Å². The summed E-state index contributed by atoms with van der Waals surface area (Å²) in [6.07, 6.45) is -1.30. The summed E-state index contributed by atoms with van der Waals surface area (Å²) in [4.78, 5) is 14.6. The molecular formula is C31H24O3S. The molecule has 0 saturated carbocycles. The molecule has 0 aliphatic heterocycles. The van der Waals surface area contributed by atoms with Crippen LogP contribution in [0.1, 0.15) is 0 Å². The Morgan fingerprint density at radius 3 is 1.14 bits per heavy atom. The van der Waals surface area contributed by atoms with Gasteiger partial charge in [0.1, 0.15) is 0 Å². The van der Waals surface area contributed by atoms with Gasteiger partial charge in [-0.05, 0) is 69.0 Å². The van der Waals surface area contributed by atoms with Crippen LogP contribution in [0.15, 0.2) is 154 Å². The van der Waals surface area contributed by atoms with E-state index in [-0.39, 0.29) is 0 Å². The first-order valence-electron chi connectivity index (χ1n) is 11.3. The van der Waals surface area contributed by atoms with E-state index < -0.39 is 16.5 Å². The van der Waals surface area contributed by atoms with Crippen LogP contribution in [0.3, 0.4) is 0 Å². The normalized spacial score (nSPS) is 11.5. The maximum Gasteiger partial charge on any atom is 0.517 e. The quantitative estimate of drug-likeness (QED) is 0.266. The topological polar surface area (TPSA) is 46.5 Å². The molecule has 35 heavy (non-hydrogen) atoms. The van der Waals surface area contributed by atoms with Crippen LogP contribution in [0.4, 0.5) is 4.79 Å². The van der Waals surface area contributed by atoms with Crippen molar-refractivity contribution in [1.29, 1.82) is 0 Å². The Morgan fingerprint density at radius 1 is 0.457 bits per heavy atom. The third-order valence-corrected chi connectivity index (χ3v) is 9.06. The Kier molecular flexibility index (Phi) is 6.38. The monoisotopic (exact) mass is 476 g/mol. The second-order valence-corrected chi connectivity index (χ2v) is 10.7. The Bertz CT molecular complexity index is 1320. The molecule has 0 aliphatic rings. The van der Waals surface area contributed by atoms with Gasteiger partial charge in [-0.1, -0.05) is 103 Å². The number of rotatable bonds is 6. The fourth-order valence-corrected chi connectivity index (χ4v) is 7.11. The maximum atomic E-state index is 12.1. The fraction of sp³-hybridized carbons (Fsp3) is 0. The van der Waals surface area contributed by atoms with Gasteiger partial charge < -0.3 is 9.29 Å². The summed E-state index contributed by atoms with van der Waals surface area (Å²) in [5.41, 5.74) is 4.33. The third-order valence-electron chi connectivity index (χ3n) is 5.86. The smallest absolute Gasteiger partial charge is 0.449 e. The van der Waals surface area contributed by atoms with Crippen molar-refractivity contribution in [2.45, 2.75) is 14.7 Å². The van der Waals surface area contributed by atoms with E-state index in [1.807, 2.05) is 115 Å². The van der Waals surface area contributed by atoms with Crippen molar-refractivity contribution in [3.05, 3.63) is 140 Å². The van der Waals surface area contributed by atoms with Crippen LogP contribution in [0.5, 0.6) is 0 Å². The van der Waals surface area contributed by atoms with Gasteiger partial charge in [0.25, 0.3) is 0 Å². The zero-order valence-corrected chi connectivity index (χ0v) is 19.8. The van der Waals surface area contributed by atoms with E-state index in [2.05, 4.69) is 24.3 Å². The predicted molar refractivity (Wildman–Crippen MR) is 142 cm³/mol. The molecule has 0 spiro atoms. The predicted octanol–water partition coefficient (Wildman–Crippen LogP) is 8.91. The van der Waals surface area contributed by atoms with Gasteiger partial charge in [-0.25, -0.2) is 4.79 Å². The highest BCUT2D eigenvalue weighted by atomic mass is 32.3. The van der Waals surface area contributed by atoms with Crippen molar-refractivity contribution >= 4 is 16.5 Å². The van der Waals surface area contributed by atoms with E-state index in [1.54, 1.807) is 0 Å². The van der Waals surface area contributed by atoms with Gasteiger partial charge >= 0.3 is 6.16 Å². The fourth-order valence-electron chi connectivity index (χ4n) is 4.21. The lowest BCUT2D eigenvalue weighted by Gasteiger charge is -2.38. The molecule has 0 amide bonds. The Hall–Kier alpha value is -4.28. The second kappa shape index (κ2) is 9.92. The molecule has 0 atom stereocenters. The summed E-state index contributed by atoms with van der Waals surface area (Å²) >= 11 is 0. The molecule has 172 valence electrons. The molecule has 0 saturated heterocycles. The Labute approximate surface area is 206 Å². The second-order valence-electron chi connectivity index (χ2n) is 8.00. The van der Waals surface area contributed by atoms with Gasteiger partial charge in [-0.3, -0.25) is 0 Å². The van der Waals surface area contributed by atoms with E-state index in [4.69, 9.17) is 4.18 Å². The van der Waals surface area contributed by atoms with Gasteiger partial charge in [-0.15, -0.1) is 0 Å². The van der Waals surface area contributed by atoms with Crippen molar-refractivity contribution in [2.24, 2.45) is 0 Å². The molecule has 0 radical (unpaired) electrons. The molecule has 0 heterocycles. The number of benzene rings is 5. The maximum absolute atomic E-state index is 12.1. The molecule has 5 aromatic rings. The number of carbonyl (C=O) groups is 1. The van der Waals surface area contributed by atoms with Gasteiger partial charge in [-0.2, -0.15) is 0 Å². The minimum atomic E-state index is -2.53. The number of hydrogen-bond acceptors (Lipinski definition) is 2. The van der Waals surface area contributed by atoms with E-state index in [1.165, 1.54) is 0 Å². The Balaban J connectivity index is 1.67. The van der Waals surface area contributed by atoms with Crippen LogP contribution in [0.25, 0.3) is 22.3 Å². The van der Waals surface area contributed by atoms with Crippen molar-refractivity contribution in [3.63, 3.8) is 0 Å². The van der Waals surface area contributed by atoms with Crippen LogP contribution in [0.2, 0.25) is 0 Å². The largest absolute Gasteiger partial charge is 0.517 e. The average Bonchev–Trinajstić information content (AvgIpc) is 2.93. The number of carboxylic acid groups (broad SMARTS) is 1. The molecule has 3 nitrogen and oxygen atoms in total. The highest BCUT2D eigenvalue weighted by molar-refractivity contribution is 8.30. The lowest BCUT2D eigenvalue weighted by atomic mass is 10.1. The Morgan fingerprint density at radius 2 is 0.771 bits per heavy atom.